The van der Waals surface area contributed by atoms with Crippen molar-refractivity contribution in [3.8, 4) is 11.5 Å². The van der Waals surface area contributed by atoms with E-state index in [-0.39, 0.29) is 5.56 Å². The van der Waals surface area contributed by atoms with Gasteiger partial charge >= 0.3 is 0 Å². The maximum atomic E-state index is 13.2. The number of aromatic nitrogens is 2. The van der Waals surface area contributed by atoms with Crippen molar-refractivity contribution in [1.82, 2.24) is 9.55 Å². The summed E-state index contributed by atoms with van der Waals surface area (Å²) in [7, 11) is 1.61. The summed E-state index contributed by atoms with van der Waals surface area (Å²) in [4.78, 5) is 16.4. The zero-order chi connectivity index (χ0) is 16.9. The second-order valence-corrected chi connectivity index (χ2v) is 5.28. The monoisotopic (exact) mass is 328 g/mol. The molecular weight excluding hydrogens is 311 g/mol. The van der Waals surface area contributed by atoms with Crippen LogP contribution in [0, 0.1) is 5.82 Å². The summed E-state index contributed by atoms with van der Waals surface area (Å²) in [6.45, 7) is 0.954. The van der Waals surface area contributed by atoms with Crippen LogP contribution in [0.4, 0.5) is 4.39 Å². The van der Waals surface area contributed by atoms with Crippen molar-refractivity contribution >= 4 is 10.9 Å². The number of nitrogens with zero attached hydrogens (tertiary/aromatic N) is 2. The zero-order valence-corrected chi connectivity index (χ0v) is 13.2. The lowest BCUT2D eigenvalue weighted by Gasteiger charge is -2.09. The van der Waals surface area contributed by atoms with Crippen molar-refractivity contribution in [3.63, 3.8) is 0 Å². The van der Waals surface area contributed by atoms with E-state index in [2.05, 4.69) is 4.98 Å². The maximum absolute atomic E-state index is 13.2. The highest BCUT2D eigenvalue weighted by molar-refractivity contribution is 5.77. The molecule has 0 aliphatic heterocycles. The van der Waals surface area contributed by atoms with Crippen molar-refractivity contribution in [3.05, 3.63) is 65.0 Å². The minimum atomic E-state index is -0.403. The highest BCUT2D eigenvalue weighted by atomic mass is 19.1. The summed E-state index contributed by atoms with van der Waals surface area (Å²) in [6, 6.07) is 11.3. The molecule has 0 fully saturated rings. The minimum absolute atomic E-state index is 0.176. The van der Waals surface area contributed by atoms with Gasteiger partial charge in [-0.1, -0.05) is 0 Å². The van der Waals surface area contributed by atoms with Gasteiger partial charge in [0.05, 0.1) is 30.9 Å². The quantitative estimate of drug-likeness (QED) is 0.653. The van der Waals surface area contributed by atoms with Crippen LogP contribution in [0.25, 0.3) is 10.9 Å². The molecule has 0 N–H and O–H groups in total. The number of hydrogen-bond acceptors (Lipinski definition) is 4. The fourth-order valence-electron chi connectivity index (χ4n) is 2.39. The lowest BCUT2D eigenvalue weighted by molar-refractivity contribution is 0.300. The van der Waals surface area contributed by atoms with E-state index in [1.807, 2.05) is 24.3 Å². The first-order valence-corrected chi connectivity index (χ1v) is 7.59. The zero-order valence-electron chi connectivity index (χ0n) is 13.2. The summed E-state index contributed by atoms with van der Waals surface area (Å²) in [6.07, 6.45) is 2.10. The van der Waals surface area contributed by atoms with Gasteiger partial charge in [-0.15, -0.1) is 0 Å². The molecule has 0 saturated carbocycles. The Kier molecular flexibility index (Phi) is 4.74. The molecule has 2 aromatic carbocycles. The van der Waals surface area contributed by atoms with Gasteiger partial charge in [0.2, 0.25) is 0 Å². The Bertz CT molecular complexity index is 891. The van der Waals surface area contributed by atoms with Crippen LogP contribution < -0.4 is 15.0 Å². The predicted octanol–water partition coefficient (Wildman–Crippen LogP) is 3.01. The molecule has 1 heterocycles. The van der Waals surface area contributed by atoms with Crippen LogP contribution in [0.15, 0.2) is 53.6 Å². The molecule has 3 aromatic rings. The van der Waals surface area contributed by atoms with Crippen LogP contribution in [0.5, 0.6) is 11.5 Å². The fraction of sp³-hybridized carbons (Fsp3) is 0.222. The van der Waals surface area contributed by atoms with E-state index in [0.717, 1.165) is 11.5 Å². The first-order valence-electron chi connectivity index (χ1n) is 7.59. The molecule has 3 rings (SSSR count). The van der Waals surface area contributed by atoms with Gasteiger partial charge < -0.3 is 9.47 Å². The van der Waals surface area contributed by atoms with Crippen molar-refractivity contribution in [2.75, 3.05) is 13.7 Å². The van der Waals surface area contributed by atoms with E-state index in [1.165, 1.54) is 29.1 Å². The Morgan fingerprint density at radius 1 is 1.12 bits per heavy atom. The number of aryl methyl sites for hydroxylation is 1. The molecule has 24 heavy (non-hydrogen) atoms. The topological polar surface area (TPSA) is 53.4 Å². The molecule has 0 unspecified atom stereocenters. The number of methoxy groups -OCH3 is 1. The van der Waals surface area contributed by atoms with Crippen LogP contribution in [0.3, 0.4) is 0 Å². The Balaban J connectivity index is 1.60. The second-order valence-electron chi connectivity index (χ2n) is 5.28. The molecule has 0 bridgehead atoms. The molecule has 0 spiro atoms. The van der Waals surface area contributed by atoms with Crippen LogP contribution in [0.1, 0.15) is 6.42 Å². The van der Waals surface area contributed by atoms with Gasteiger partial charge in [0.25, 0.3) is 5.56 Å². The molecule has 0 aliphatic carbocycles. The van der Waals surface area contributed by atoms with E-state index in [0.29, 0.717) is 30.5 Å². The Hall–Kier alpha value is -2.89. The van der Waals surface area contributed by atoms with Crippen molar-refractivity contribution in [2.45, 2.75) is 13.0 Å². The highest BCUT2D eigenvalue weighted by Crippen LogP contribution is 2.17. The van der Waals surface area contributed by atoms with E-state index < -0.39 is 5.82 Å². The van der Waals surface area contributed by atoms with Gasteiger partial charge in [-0.3, -0.25) is 9.36 Å². The van der Waals surface area contributed by atoms with Crippen LogP contribution in [-0.2, 0) is 6.54 Å². The molecule has 124 valence electrons. The van der Waals surface area contributed by atoms with Crippen molar-refractivity contribution in [2.24, 2.45) is 0 Å². The van der Waals surface area contributed by atoms with Crippen LogP contribution in [-0.4, -0.2) is 23.3 Å². The smallest absolute Gasteiger partial charge is 0.261 e. The fourth-order valence-corrected chi connectivity index (χ4v) is 2.39. The van der Waals surface area contributed by atoms with Crippen LogP contribution >= 0.6 is 0 Å². The average molecular weight is 328 g/mol. The normalized spacial score (nSPS) is 10.8. The molecular formula is C18H17FN2O3. The number of halogens is 1. The molecule has 5 nitrogen and oxygen atoms in total. The molecule has 1 aromatic heterocycles. The van der Waals surface area contributed by atoms with E-state index in [1.54, 1.807) is 7.11 Å². The summed E-state index contributed by atoms with van der Waals surface area (Å²) in [5.74, 6) is 1.11. The van der Waals surface area contributed by atoms with Crippen molar-refractivity contribution < 1.29 is 13.9 Å². The third-order valence-corrected chi connectivity index (χ3v) is 3.66. The molecule has 6 heteroatoms. The second kappa shape index (κ2) is 7.12. The Labute approximate surface area is 138 Å². The van der Waals surface area contributed by atoms with Gasteiger partial charge in [-0.05, 0) is 42.8 Å². The minimum Gasteiger partial charge on any atom is -0.497 e. The average Bonchev–Trinajstić information content (AvgIpc) is 2.61. The SMILES string of the molecule is COc1ccc(OCCCn2cnc3cc(F)ccc3c2=O)cc1. The molecule has 0 aliphatic rings. The maximum Gasteiger partial charge on any atom is 0.261 e. The third kappa shape index (κ3) is 3.53. The molecule has 0 amide bonds. The van der Waals surface area contributed by atoms with Gasteiger partial charge in [-0.2, -0.15) is 0 Å². The highest BCUT2D eigenvalue weighted by Gasteiger charge is 2.05. The standard InChI is InChI=1S/C18H17FN2O3/c1-23-14-4-6-15(7-5-14)24-10-2-9-21-12-20-17-11-13(19)3-8-16(17)18(21)22/h3-8,11-12H,2,9-10H2,1H3. The first-order chi connectivity index (χ1) is 11.7. The van der Waals surface area contributed by atoms with Crippen LogP contribution in [0.2, 0.25) is 0 Å². The largest absolute Gasteiger partial charge is 0.497 e. The van der Waals surface area contributed by atoms with E-state index in [4.69, 9.17) is 9.47 Å². The third-order valence-electron chi connectivity index (χ3n) is 3.66. The van der Waals surface area contributed by atoms with Gasteiger partial charge in [-0.25, -0.2) is 9.37 Å². The summed E-state index contributed by atoms with van der Waals surface area (Å²) < 4.78 is 25.4. The summed E-state index contributed by atoms with van der Waals surface area (Å²) in [5, 5.41) is 0.412. The van der Waals surface area contributed by atoms with Gasteiger partial charge in [0.1, 0.15) is 17.3 Å². The van der Waals surface area contributed by atoms with E-state index in [9.17, 15) is 9.18 Å². The van der Waals surface area contributed by atoms with Gasteiger partial charge in [0.15, 0.2) is 0 Å². The number of rotatable bonds is 6. The Morgan fingerprint density at radius 2 is 1.88 bits per heavy atom. The Morgan fingerprint density at radius 3 is 2.62 bits per heavy atom. The first kappa shape index (κ1) is 16.0. The van der Waals surface area contributed by atoms with Gasteiger partial charge in [0, 0.05) is 12.6 Å². The summed E-state index contributed by atoms with van der Waals surface area (Å²) >= 11 is 0. The van der Waals surface area contributed by atoms with E-state index >= 15 is 0 Å². The number of fused-ring (bicyclic) bond motifs is 1. The predicted molar refractivity (Wildman–Crippen MR) is 89.1 cm³/mol. The lowest BCUT2D eigenvalue weighted by atomic mass is 10.2. The lowest BCUT2D eigenvalue weighted by Crippen LogP contribution is -2.21. The summed E-state index contributed by atoms with van der Waals surface area (Å²) in [5.41, 5.74) is 0.190. The number of ether oxygens (including phenoxy) is 2. The number of benzene rings is 2. The molecule has 0 radical (unpaired) electrons. The molecule has 0 saturated heterocycles. The number of hydrogen-bond donors (Lipinski definition) is 0. The molecule has 0 atom stereocenters. The van der Waals surface area contributed by atoms with Crippen molar-refractivity contribution in [1.29, 1.82) is 0 Å².